The second-order valence-corrected chi connectivity index (χ2v) is 8.70. The molecule has 1 unspecified atom stereocenters. The number of carbonyl (C=O) groups excluding carboxylic acids is 1. The van der Waals surface area contributed by atoms with Gasteiger partial charge >= 0.3 is 0 Å². The molecule has 33 heavy (non-hydrogen) atoms. The molecule has 1 N–H and O–H groups in total. The van der Waals surface area contributed by atoms with Crippen LogP contribution in [0.4, 0.5) is 0 Å². The third-order valence-electron chi connectivity index (χ3n) is 5.48. The molecule has 0 saturated carbocycles. The van der Waals surface area contributed by atoms with Gasteiger partial charge in [-0.05, 0) is 61.3 Å². The van der Waals surface area contributed by atoms with E-state index in [1.54, 1.807) is 17.0 Å². The van der Waals surface area contributed by atoms with Crippen LogP contribution in [0.5, 0.6) is 5.75 Å². The SMILES string of the molecule is C=C(O)COc1cccc(C(CN2CCCC2)N(C)C(=O)Cc2ccc(Cl)c(Cl)c2)c1.CC. The maximum Gasteiger partial charge on any atom is 0.227 e. The average Bonchev–Trinajstić information content (AvgIpc) is 3.33. The van der Waals surface area contributed by atoms with E-state index in [1.165, 1.54) is 12.8 Å². The molecule has 1 amide bonds. The summed E-state index contributed by atoms with van der Waals surface area (Å²) in [6.45, 7) is 10.3. The summed E-state index contributed by atoms with van der Waals surface area (Å²) in [5, 5.41) is 10.2. The van der Waals surface area contributed by atoms with E-state index >= 15 is 0 Å². The van der Waals surface area contributed by atoms with Crippen LogP contribution in [-0.4, -0.2) is 54.1 Å². The fourth-order valence-electron chi connectivity index (χ4n) is 3.76. The van der Waals surface area contributed by atoms with Gasteiger partial charge < -0.3 is 19.6 Å². The summed E-state index contributed by atoms with van der Waals surface area (Å²) in [6.07, 6.45) is 2.59. The zero-order valence-electron chi connectivity index (χ0n) is 19.7. The lowest BCUT2D eigenvalue weighted by molar-refractivity contribution is -0.131. The number of aliphatic hydroxyl groups excluding tert-OH is 1. The fourth-order valence-corrected chi connectivity index (χ4v) is 4.08. The van der Waals surface area contributed by atoms with E-state index in [2.05, 4.69) is 11.5 Å². The lowest BCUT2D eigenvalue weighted by atomic mass is 10.0. The molecule has 0 aliphatic carbocycles. The lowest BCUT2D eigenvalue weighted by Gasteiger charge is -2.32. The predicted octanol–water partition coefficient (Wildman–Crippen LogP) is 6.31. The van der Waals surface area contributed by atoms with Gasteiger partial charge in [-0.15, -0.1) is 0 Å². The van der Waals surface area contributed by atoms with Gasteiger partial charge in [0.2, 0.25) is 5.91 Å². The molecule has 1 aliphatic heterocycles. The predicted molar refractivity (Wildman–Crippen MR) is 136 cm³/mol. The maximum atomic E-state index is 13.2. The number of likely N-dealkylation sites (N-methyl/N-ethyl adjacent to an activating group) is 1. The quantitative estimate of drug-likeness (QED) is 0.416. The number of aliphatic hydroxyl groups is 1. The molecule has 180 valence electrons. The van der Waals surface area contributed by atoms with E-state index in [0.717, 1.165) is 30.8 Å². The fraction of sp³-hybridized carbons (Fsp3) is 0.423. The van der Waals surface area contributed by atoms with Crippen molar-refractivity contribution in [2.45, 2.75) is 39.2 Å². The van der Waals surface area contributed by atoms with E-state index in [9.17, 15) is 9.90 Å². The van der Waals surface area contributed by atoms with Gasteiger partial charge in [0, 0.05) is 13.6 Å². The summed E-state index contributed by atoms with van der Waals surface area (Å²) in [5.74, 6) is 0.593. The first-order chi connectivity index (χ1) is 15.8. The Bertz CT molecular complexity index is 930. The van der Waals surface area contributed by atoms with Gasteiger partial charge in [-0.1, -0.05) is 61.8 Å². The van der Waals surface area contributed by atoms with Crippen LogP contribution in [0.25, 0.3) is 0 Å². The molecule has 1 aliphatic rings. The minimum atomic E-state index is -0.130. The average molecular weight is 493 g/mol. The third kappa shape index (κ3) is 8.26. The van der Waals surface area contributed by atoms with E-state index in [0.29, 0.717) is 15.8 Å². The third-order valence-corrected chi connectivity index (χ3v) is 6.22. The summed E-state index contributed by atoms with van der Waals surface area (Å²) in [7, 11) is 1.84. The van der Waals surface area contributed by atoms with Gasteiger partial charge in [0.05, 0.1) is 22.5 Å². The molecule has 0 spiro atoms. The van der Waals surface area contributed by atoms with E-state index < -0.39 is 0 Å². The molecule has 5 nitrogen and oxygen atoms in total. The van der Waals surface area contributed by atoms with Crippen molar-refractivity contribution in [1.82, 2.24) is 9.80 Å². The van der Waals surface area contributed by atoms with Gasteiger partial charge in [0.15, 0.2) is 0 Å². The first kappa shape index (κ1) is 27.0. The van der Waals surface area contributed by atoms with Crippen molar-refractivity contribution in [2.75, 3.05) is 33.3 Å². The van der Waals surface area contributed by atoms with Gasteiger partial charge in [-0.3, -0.25) is 4.79 Å². The van der Waals surface area contributed by atoms with Gasteiger partial charge in [0.25, 0.3) is 0 Å². The summed E-state index contributed by atoms with van der Waals surface area (Å²) < 4.78 is 5.59. The number of nitrogens with zero attached hydrogens (tertiary/aromatic N) is 2. The smallest absolute Gasteiger partial charge is 0.227 e. The number of benzene rings is 2. The van der Waals surface area contributed by atoms with Gasteiger partial charge in [-0.25, -0.2) is 0 Å². The molecule has 2 aromatic rings. The van der Waals surface area contributed by atoms with Crippen molar-refractivity contribution >= 4 is 29.1 Å². The molecule has 0 aromatic heterocycles. The van der Waals surface area contributed by atoms with Crippen LogP contribution >= 0.6 is 23.2 Å². The zero-order chi connectivity index (χ0) is 24.4. The highest BCUT2D eigenvalue weighted by atomic mass is 35.5. The van der Waals surface area contributed by atoms with E-state index in [1.807, 2.05) is 51.2 Å². The molecule has 0 bridgehead atoms. The minimum absolute atomic E-state index is 0.00218. The van der Waals surface area contributed by atoms with E-state index in [-0.39, 0.29) is 30.7 Å². The number of hydrogen-bond donors (Lipinski definition) is 1. The van der Waals surface area contributed by atoms with Crippen LogP contribution in [0.1, 0.15) is 43.9 Å². The topological polar surface area (TPSA) is 53.0 Å². The number of amides is 1. The molecule has 1 fully saturated rings. The Balaban J connectivity index is 0.00000187. The van der Waals surface area contributed by atoms with E-state index in [4.69, 9.17) is 27.9 Å². The molecular formula is C26H34Cl2N2O3. The number of ether oxygens (including phenoxy) is 1. The Hall–Kier alpha value is -2.21. The normalized spacial score (nSPS) is 14.2. The maximum absolute atomic E-state index is 13.2. The molecule has 2 aromatic carbocycles. The number of hydrogen-bond acceptors (Lipinski definition) is 4. The molecule has 1 saturated heterocycles. The molecule has 3 rings (SSSR count). The summed E-state index contributed by atoms with van der Waals surface area (Å²) >= 11 is 12.1. The molecular weight excluding hydrogens is 459 g/mol. The summed E-state index contributed by atoms with van der Waals surface area (Å²) in [6, 6.07) is 12.8. The van der Waals surface area contributed by atoms with Crippen LogP contribution in [0, 0.1) is 0 Å². The Labute approximate surface area is 207 Å². The summed E-state index contributed by atoms with van der Waals surface area (Å²) in [4.78, 5) is 17.3. The number of likely N-dealkylation sites (tertiary alicyclic amines) is 1. The minimum Gasteiger partial charge on any atom is -0.509 e. The van der Waals surface area contributed by atoms with Crippen LogP contribution in [0.2, 0.25) is 10.0 Å². The Morgan fingerprint density at radius 3 is 2.48 bits per heavy atom. The second kappa shape index (κ2) is 13.5. The highest BCUT2D eigenvalue weighted by molar-refractivity contribution is 6.42. The molecule has 1 heterocycles. The van der Waals surface area contributed by atoms with Gasteiger partial charge in [-0.2, -0.15) is 0 Å². The highest BCUT2D eigenvalue weighted by Gasteiger charge is 2.26. The number of rotatable bonds is 9. The first-order valence-electron chi connectivity index (χ1n) is 11.3. The first-order valence-corrected chi connectivity index (χ1v) is 12.1. The Morgan fingerprint density at radius 1 is 1.15 bits per heavy atom. The van der Waals surface area contributed by atoms with Crippen molar-refractivity contribution < 1.29 is 14.6 Å². The second-order valence-electron chi connectivity index (χ2n) is 7.88. The van der Waals surface area contributed by atoms with Crippen LogP contribution in [-0.2, 0) is 11.2 Å². The van der Waals surface area contributed by atoms with Crippen LogP contribution < -0.4 is 4.74 Å². The zero-order valence-corrected chi connectivity index (χ0v) is 21.2. The number of halogens is 2. The Kier molecular flexibility index (Phi) is 11.0. The highest BCUT2D eigenvalue weighted by Crippen LogP contribution is 2.28. The molecule has 1 atom stereocenters. The monoisotopic (exact) mass is 492 g/mol. The van der Waals surface area contributed by atoms with Crippen LogP contribution in [0.3, 0.4) is 0 Å². The molecule has 0 radical (unpaired) electrons. The molecule has 7 heteroatoms. The lowest BCUT2D eigenvalue weighted by Crippen LogP contribution is -2.39. The van der Waals surface area contributed by atoms with Crippen molar-refractivity contribution in [3.05, 3.63) is 76.0 Å². The van der Waals surface area contributed by atoms with Crippen molar-refractivity contribution in [1.29, 1.82) is 0 Å². The van der Waals surface area contributed by atoms with Crippen molar-refractivity contribution in [2.24, 2.45) is 0 Å². The van der Waals surface area contributed by atoms with Crippen molar-refractivity contribution in [3.63, 3.8) is 0 Å². The Morgan fingerprint density at radius 2 is 1.85 bits per heavy atom. The number of carbonyl (C=O) groups is 1. The van der Waals surface area contributed by atoms with Crippen LogP contribution in [0.15, 0.2) is 54.8 Å². The standard InChI is InChI=1S/C24H28Cl2N2O3.C2H6/c1-17(29)16-31-20-7-5-6-19(14-20)23(15-28-10-3-4-11-28)27(2)24(30)13-18-8-9-21(25)22(26)12-18;1-2/h5-9,12,14,23,29H,1,3-4,10-11,13,15-16H2,2H3;1-2H3. The van der Waals surface area contributed by atoms with Crippen molar-refractivity contribution in [3.8, 4) is 5.75 Å². The largest absolute Gasteiger partial charge is 0.509 e. The summed E-state index contributed by atoms with van der Waals surface area (Å²) in [5.41, 5.74) is 1.81. The van der Waals surface area contributed by atoms with Gasteiger partial charge in [0.1, 0.15) is 18.1 Å².